The van der Waals surface area contributed by atoms with E-state index in [9.17, 15) is 15.2 Å². The largest absolute Gasteiger partial charge is 0.388 e. The predicted molar refractivity (Wildman–Crippen MR) is 80.1 cm³/mol. The standard InChI is InChI=1S/C12H20N2O3S2/c1-4-13(5-2)6-7-18-12-10(14(16)17)8-11(19-12)9(3)15/h8-9,15H,4-7H2,1-3H3. The lowest BCUT2D eigenvalue weighted by Crippen LogP contribution is -2.25. The van der Waals surface area contributed by atoms with Gasteiger partial charge in [0, 0.05) is 23.2 Å². The van der Waals surface area contributed by atoms with Gasteiger partial charge in [-0.25, -0.2) is 0 Å². The minimum absolute atomic E-state index is 0.116. The Hall–Kier alpha value is -0.630. The number of nitrogens with zero attached hydrogens (tertiary/aromatic N) is 2. The monoisotopic (exact) mass is 304 g/mol. The molecule has 5 nitrogen and oxygen atoms in total. The summed E-state index contributed by atoms with van der Waals surface area (Å²) in [5.41, 5.74) is 0.116. The lowest BCUT2D eigenvalue weighted by Gasteiger charge is -2.16. The zero-order chi connectivity index (χ0) is 14.4. The van der Waals surface area contributed by atoms with Gasteiger partial charge in [-0.1, -0.05) is 13.8 Å². The summed E-state index contributed by atoms with van der Waals surface area (Å²) in [7, 11) is 0. The van der Waals surface area contributed by atoms with Crippen LogP contribution in [0.2, 0.25) is 0 Å². The molecule has 1 aromatic heterocycles. The first-order valence-corrected chi connectivity index (χ1v) is 8.11. The van der Waals surface area contributed by atoms with E-state index in [1.165, 1.54) is 29.2 Å². The summed E-state index contributed by atoms with van der Waals surface area (Å²) in [6.07, 6.45) is -0.652. The molecule has 0 spiro atoms. The predicted octanol–water partition coefficient (Wildman–Crippen LogP) is 3.14. The molecular formula is C12H20N2O3S2. The summed E-state index contributed by atoms with van der Waals surface area (Å²) in [5.74, 6) is 0.822. The first-order valence-electron chi connectivity index (χ1n) is 6.30. The lowest BCUT2D eigenvalue weighted by atomic mass is 10.3. The number of thioether (sulfide) groups is 1. The topological polar surface area (TPSA) is 66.6 Å². The summed E-state index contributed by atoms with van der Waals surface area (Å²) in [4.78, 5) is 13.5. The zero-order valence-corrected chi connectivity index (χ0v) is 13.1. The van der Waals surface area contributed by atoms with Crippen LogP contribution in [0.25, 0.3) is 0 Å². The van der Waals surface area contributed by atoms with E-state index in [2.05, 4.69) is 18.7 Å². The number of aliphatic hydroxyl groups is 1. The molecule has 1 unspecified atom stereocenters. The van der Waals surface area contributed by atoms with E-state index in [-0.39, 0.29) is 10.6 Å². The maximum Gasteiger partial charge on any atom is 0.294 e. The van der Waals surface area contributed by atoms with Crippen LogP contribution in [0.15, 0.2) is 10.3 Å². The van der Waals surface area contributed by atoms with Crippen molar-refractivity contribution in [2.75, 3.05) is 25.4 Å². The van der Waals surface area contributed by atoms with Crippen molar-refractivity contribution in [1.29, 1.82) is 0 Å². The van der Waals surface area contributed by atoms with Crippen LogP contribution in [-0.2, 0) is 0 Å². The van der Waals surface area contributed by atoms with Crippen molar-refractivity contribution in [2.24, 2.45) is 0 Å². The van der Waals surface area contributed by atoms with Gasteiger partial charge < -0.3 is 10.0 Å². The summed E-state index contributed by atoms with van der Waals surface area (Å²) >= 11 is 2.81. The van der Waals surface area contributed by atoms with Gasteiger partial charge in [-0.2, -0.15) is 0 Å². The molecule has 0 aliphatic carbocycles. The summed E-state index contributed by atoms with van der Waals surface area (Å²) in [6, 6.07) is 1.48. The van der Waals surface area contributed by atoms with Crippen LogP contribution in [-0.4, -0.2) is 40.3 Å². The third-order valence-electron chi connectivity index (χ3n) is 2.84. The second kappa shape index (κ2) is 7.84. The Morgan fingerprint density at radius 2 is 2.16 bits per heavy atom. The summed E-state index contributed by atoms with van der Waals surface area (Å²) in [6.45, 7) is 8.72. The first kappa shape index (κ1) is 16.4. The van der Waals surface area contributed by atoms with Gasteiger partial charge in [0.1, 0.15) is 4.21 Å². The number of aliphatic hydroxyl groups excluding tert-OH is 1. The van der Waals surface area contributed by atoms with Crippen molar-refractivity contribution in [3.8, 4) is 0 Å². The average molecular weight is 304 g/mol. The van der Waals surface area contributed by atoms with Crippen LogP contribution in [0.5, 0.6) is 0 Å². The quantitative estimate of drug-likeness (QED) is 0.454. The molecule has 0 radical (unpaired) electrons. The highest BCUT2D eigenvalue weighted by atomic mass is 32.2. The highest BCUT2D eigenvalue weighted by molar-refractivity contribution is 8.01. The highest BCUT2D eigenvalue weighted by Gasteiger charge is 2.21. The Balaban J connectivity index is 2.68. The van der Waals surface area contributed by atoms with E-state index in [0.717, 1.165) is 25.4 Å². The van der Waals surface area contributed by atoms with Gasteiger partial charge in [0.15, 0.2) is 0 Å². The molecule has 0 amide bonds. The molecule has 0 saturated carbocycles. The number of thiophene rings is 1. The Labute approximate surface area is 121 Å². The highest BCUT2D eigenvalue weighted by Crippen LogP contribution is 2.39. The average Bonchev–Trinajstić information content (AvgIpc) is 2.79. The van der Waals surface area contributed by atoms with Gasteiger partial charge >= 0.3 is 0 Å². The summed E-state index contributed by atoms with van der Waals surface area (Å²) in [5, 5.41) is 20.5. The van der Waals surface area contributed by atoms with E-state index in [1.807, 2.05) is 0 Å². The maximum atomic E-state index is 11.0. The molecule has 1 N–H and O–H groups in total. The van der Waals surface area contributed by atoms with Gasteiger partial charge in [0.05, 0.1) is 11.0 Å². The molecule has 0 aliphatic rings. The fraction of sp³-hybridized carbons (Fsp3) is 0.667. The first-order chi connectivity index (χ1) is 8.99. The Kier molecular flexibility index (Phi) is 6.78. The van der Waals surface area contributed by atoms with E-state index < -0.39 is 6.10 Å². The molecule has 0 aromatic carbocycles. The zero-order valence-electron chi connectivity index (χ0n) is 11.5. The minimum atomic E-state index is -0.652. The summed E-state index contributed by atoms with van der Waals surface area (Å²) < 4.78 is 0.688. The Bertz CT molecular complexity index is 417. The van der Waals surface area contributed by atoms with Crippen LogP contribution in [0.1, 0.15) is 31.8 Å². The van der Waals surface area contributed by atoms with Crippen molar-refractivity contribution in [3.63, 3.8) is 0 Å². The third-order valence-corrected chi connectivity index (χ3v) is 5.39. The van der Waals surface area contributed by atoms with Crippen LogP contribution < -0.4 is 0 Å². The van der Waals surface area contributed by atoms with E-state index in [4.69, 9.17) is 0 Å². The fourth-order valence-electron chi connectivity index (χ4n) is 1.63. The number of hydrogen-bond donors (Lipinski definition) is 1. The maximum absolute atomic E-state index is 11.0. The van der Waals surface area contributed by atoms with Crippen molar-refractivity contribution >= 4 is 28.8 Å². The molecule has 19 heavy (non-hydrogen) atoms. The number of nitro groups is 1. The molecule has 1 atom stereocenters. The number of hydrogen-bond acceptors (Lipinski definition) is 6. The van der Waals surface area contributed by atoms with Crippen LogP contribution in [0.4, 0.5) is 5.69 Å². The van der Waals surface area contributed by atoms with Gasteiger partial charge in [-0.15, -0.1) is 23.1 Å². The second-order valence-corrected chi connectivity index (χ2v) is 6.58. The minimum Gasteiger partial charge on any atom is -0.388 e. The molecule has 0 saturated heterocycles. The van der Waals surface area contributed by atoms with Gasteiger partial charge in [0.2, 0.25) is 0 Å². The molecule has 0 bridgehead atoms. The SMILES string of the molecule is CCN(CC)CCSc1sc(C(C)O)cc1[N+](=O)[O-]. The van der Waals surface area contributed by atoms with Crippen LogP contribution in [0.3, 0.4) is 0 Å². The fourth-order valence-corrected chi connectivity index (χ4v) is 4.01. The van der Waals surface area contributed by atoms with Gasteiger partial charge in [-0.05, 0) is 20.0 Å². The molecule has 1 heterocycles. The van der Waals surface area contributed by atoms with E-state index in [1.54, 1.807) is 6.92 Å². The molecule has 0 aliphatic heterocycles. The van der Waals surface area contributed by atoms with Crippen LogP contribution >= 0.6 is 23.1 Å². The molecule has 1 rings (SSSR count). The molecule has 108 valence electrons. The van der Waals surface area contributed by atoms with Crippen molar-refractivity contribution in [3.05, 3.63) is 21.1 Å². The van der Waals surface area contributed by atoms with E-state index >= 15 is 0 Å². The van der Waals surface area contributed by atoms with Crippen molar-refractivity contribution in [2.45, 2.75) is 31.1 Å². The van der Waals surface area contributed by atoms with Crippen LogP contribution in [0, 0.1) is 10.1 Å². The van der Waals surface area contributed by atoms with E-state index in [0.29, 0.717) is 9.09 Å². The van der Waals surface area contributed by atoms with Gasteiger partial charge in [0.25, 0.3) is 5.69 Å². The molecule has 0 fully saturated rings. The molecule has 7 heteroatoms. The third kappa shape index (κ3) is 4.76. The van der Waals surface area contributed by atoms with Crippen molar-refractivity contribution in [1.82, 2.24) is 4.90 Å². The second-order valence-electron chi connectivity index (χ2n) is 4.13. The number of rotatable bonds is 8. The molecular weight excluding hydrogens is 284 g/mol. The normalized spacial score (nSPS) is 12.9. The Morgan fingerprint density at radius 1 is 1.53 bits per heavy atom. The smallest absolute Gasteiger partial charge is 0.294 e. The van der Waals surface area contributed by atoms with Gasteiger partial charge in [-0.3, -0.25) is 10.1 Å². The lowest BCUT2D eigenvalue weighted by molar-refractivity contribution is -0.387. The Morgan fingerprint density at radius 3 is 2.63 bits per heavy atom. The van der Waals surface area contributed by atoms with Crippen molar-refractivity contribution < 1.29 is 10.0 Å². The molecule has 1 aromatic rings.